The Kier molecular flexibility index (Phi) is 5.79. The highest BCUT2D eigenvalue weighted by molar-refractivity contribution is 7.89. The number of benzene rings is 1. The lowest BCUT2D eigenvalue weighted by atomic mass is 10.2. The number of aliphatic hydroxyl groups excluding tert-OH is 1. The summed E-state index contributed by atoms with van der Waals surface area (Å²) < 4.78 is 40.1. The van der Waals surface area contributed by atoms with Crippen LogP contribution in [0.1, 0.15) is 18.4 Å². The molecule has 2 rings (SSSR count). The molecule has 1 aliphatic heterocycles. The second kappa shape index (κ2) is 7.23. The van der Waals surface area contributed by atoms with Gasteiger partial charge in [-0.3, -0.25) is 0 Å². The Labute approximate surface area is 135 Å². The number of aryl methyl sites for hydroxylation is 1. The quantitative estimate of drug-likeness (QED) is 0.816. The number of hydrogen-bond donors (Lipinski definition) is 2. The first-order valence-corrected chi connectivity index (χ1v) is 9.01. The molecule has 1 aliphatic rings. The Hall–Kier alpha value is -0.730. The van der Waals surface area contributed by atoms with Gasteiger partial charge in [0.1, 0.15) is 10.7 Å². The van der Waals surface area contributed by atoms with Crippen molar-refractivity contribution in [1.82, 2.24) is 9.62 Å². The molecule has 0 amide bonds. The number of rotatable bonds is 6. The molecular formula is C14H20ClFN2O3S. The van der Waals surface area contributed by atoms with Gasteiger partial charge in [0.05, 0.1) is 11.1 Å². The van der Waals surface area contributed by atoms with Crippen LogP contribution in [0.5, 0.6) is 0 Å². The molecule has 0 radical (unpaired) electrons. The van der Waals surface area contributed by atoms with Crippen molar-refractivity contribution in [2.45, 2.75) is 30.8 Å². The van der Waals surface area contributed by atoms with Crippen molar-refractivity contribution in [3.05, 3.63) is 28.5 Å². The van der Waals surface area contributed by atoms with Crippen LogP contribution in [0, 0.1) is 12.7 Å². The summed E-state index contributed by atoms with van der Waals surface area (Å²) in [7, 11) is -3.89. The minimum atomic E-state index is -3.89. The second-order valence-electron chi connectivity index (χ2n) is 5.55. The Morgan fingerprint density at radius 3 is 2.68 bits per heavy atom. The topological polar surface area (TPSA) is 69.6 Å². The third-order valence-corrected chi connectivity index (χ3v) is 5.57. The molecule has 5 nitrogen and oxygen atoms in total. The number of sulfonamides is 1. The van der Waals surface area contributed by atoms with Gasteiger partial charge in [-0.25, -0.2) is 17.5 Å². The van der Waals surface area contributed by atoms with E-state index in [9.17, 15) is 17.9 Å². The Bertz CT molecular complexity index is 633. The lowest BCUT2D eigenvalue weighted by Crippen LogP contribution is -2.39. The van der Waals surface area contributed by atoms with Crippen LogP contribution in [0.25, 0.3) is 0 Å². The summed E-state index contributed by atoms with van der Waals surface area (Å²) in [5.74, 6) is -0.557. The van der Waals surface area contributed by atoms with Crippen LogP contribution in [-0.2, 0) is 10.0 Å². The number of nitrogens with zero attached hydrogens (tertiary/aromatic N) is 1. The van der Waals surface area contributed by atoms with Crippen molar-refractivity contribution >= 4 is 21.6 Å². The van der Waals surface area contributed by atoms with Crippen LogP contribution in [0.4, 0.5) is 4.39 Å². The Balaban J connectivity index is 2.00. The van der Waals surface area contributed by atoms with Crippen LogP contribution in [0.3, 0.4) is 0 Å². The predicted molar refractivity (Wildman–Crippen MR) is 83.0 cm³/mol. The van der Waals surface area contributed by atoms with E-state index in [0.29, 0.717) is 6.54 Å². The number of halogens is 2. The molecule has 1 unspecified atom stereocenters. The largest absolute Gasteiger partial charge is 0.390 e. The number of hydrogen-bond acceptors (Lipinski definition) is 4. The van der Waals surface area contributed by atoms with E-state index in [1.165, 1.54) is 13.0 Å². The van der Waals surface area contributed by atoms with Crippen molar-refractivity contribution < 1.29 is 17.9 Å². The normalized spacial score (nSPS) is 17.8. The standard InChI is InChI=1S/C14H20ClFN2O3S/c1-10-6-14(12(15)7-13(10)16)22(20,21)17-8-11(19)9-18-4-2-3-5-18/h6-7,11,17,19H,2-5,8-9H2,1H3. The van der Waals surface area contributed by atoms with Crippen LogP contribution in [0.2, 0.25) is 5.02 Å². The maximum Gasteiger partial charge on any atom is 0.242 e. The molecule has 0 aliphatic carbocycles. The minimum Gasteiger partial charge on any atom is -0.390 e. The highest BCUT2D eigenvalue weighted by Gasteiger charge is 2.22. The van der Waals surface area contributed by atoms with Crippen LogP contribution in [0.15, 0.2) is 17.0 Å². The highest BCUT2D eigenvalue weighted by atomic mass is 35.5. The molecule has 1 aromatic carbocycles. The molecule has 22 heavy (non-hydrogen) atoms. The first kappa shape index (κ1) is 17.6. The summed E-state index contributed by atoms with van der Waals surface area (Å²) in [5.41, 5.74) is 0.197. The molecule has 1 saturated heterocycles. The highest BCUT2D eigenvalue weighted by Crippen LogP contribution is 2.24. The first-order valence-electron chi connectivity index (χ1n) is 7.15. The SMILES string of the molecule is Cc1cc(S(=O)(=O)NCC(O)CN2CCCC2)c(Cl)cc1F. The van der Waals surface area contributed by atoms with E-state index in [1.807, 2.05) is 0 Å². The van der Waals surface area contributed by atoms with Gasteiger partial charge in [0.2, 0.25) is 10.0 Å². The van der Waals surface area contributed by atoms with Gasteiger partial charge in [0, 0.05) is 13.1 Å². The average Bonchev–Trinajstić information content (AvgIpc) is 2.93. The van der Waals surface area contributed by atoms with Gasteiger partial charge < -0.3 is 10.0 Å². The molecule has 0 aromatic heterocycles. The van der Waals surface area contributed by atoms with Crippen molar-refractivity contribution in [2.24, 2.45) is 0 Å². The van der Waals surface area contributed by atoms with Crippen molar-refractivity contribution in [2.75, 3.05) is 26.2 Å². The summed E-state index contributed by atoms with van der Waals surface area (Å²) in [6, 6.07) is 2.17. The van der Waals surface area contributed by atoms with Gasteiger partial charge in [0.25, 0.3) is 0 Å². The monoisotopic (exact) mass is 350 g/mol. The Morgan fingerprint density at radius 1 is 1.41 bits per heavy atom. The van der Waals surface area contributed by atoms with E-state index >= 15 is 0 Å². The molecule has 1 aromatic rings. The number of nitrogens with one attached hydrogen (secondary N) is 1. The summed E-state index contributed by atoms with van der Waals surface area (Å²) >= 11 is 5.81. The van der Waals surface area contributed by atoms with Crippen molar-refractivity contribution in [3.63, 3.8) is 0 Å². The lowest BCUT2D eigenvalue weighted by Gasteiger charge is -2.19. The molecule has 1 atom stereocenters. The smallest absolute Gasteiger partial charge is 0.242 e. The van der Waals surface area contributed by atoms with E-state index in [1.54, 1.807) is 0 Å². The number of β-amino-alcohol motifs (C(OH)–C–C–N with tert-alkyl or cyclic N) is 1. The fourth-order valence-electron chi connectivity index (χ4n) is 2.45. The molecule has 124 valence electrons. The molecule has 1 heterocycles. The zero-order chi connectivity index (χ0) is 16.3. The van der Waals surface area contributed by atoms with Gasteiger partial charge in [-0.2, -0.15) is 0 Å². The lowest BCUT2D eigenvalue weighted by molar-refractivity contribution is 0.128. The molecule has 8 heteroatoms. The van der Waals surface area contributed by atoms with Crippen LogP contribution < -0.4 is 4.72 Å². The predicted octanol–water partition coefficient (Wildman–Crippen LogP) is 1.52. The third-order valence-electron chi connectivity index (χ3n) is 3.68. The zero-order valence-corrected chi connectivity index (χ0v) is 13.9. The van der Waals surface area contributed by atoms with Gasteiger partial charge in [-0.1, -0.05) is 11.6 Å². The van der Waals surface area contributed by atoms with E-state index in [2.05, 4.69) is 9.62 Å². The summed E-state index contributed by atoms with van der Waals surface area (Å²) in [5, 5.41) is 9.75. The second-order valence-corrected chi connectivity index (χ2v) is 7.69. The number of likely N-dealkylation sites (tertiary alicyclic amines) is 1. The van der Waals surface area contributed by atoms with Gasteiger partial charge in [-0.05, 0) is 50.6 Å². The molecule has 0 saturated carbocycles. The fraction of sp³-hybridized carbons (Fsp3) is 0.571. The van der Waals surface area contributed by atoms with Gasteiger partial charge in [0.15, 0.2) is 0 Å². The summed E-state index contributed by atoms with van der Waals surface area (Å²) in [6.45, 7) is 3.64. The van der Waals surface area contributed by atoms with Crippen molar-refractivity contribution in [3.8, 4) is 0 Å². The zero-order valence-electron chi connectivity index (χ0n) is 12.3. The first-order chi connectivity index (χ1) is 10.3. The van der Waals surface area contributed by atoms with Gasteiger partial charge in [-0.15, -0.1) is 0 Å². The molecule has 0 spiro atoms. The molecular weight excluding hydrogens is 331 g/mol. The Morgan fingerprint density at radius 2 is 2.05 bits per heavy atom. The third kappa shape index (κ3) is 4.39. The van der Waals surface area contributed by atoms with E-state index in [0.717, 1.165) is 32.0 Å². The summed E-state index contributed by atoms with van der Waals surface area (Å²) in [4.78, 5) is 1.91. The van der Waals surface area contributed by atoms with Crippen LogP contribution >= 0.6 is 11.6 Å². The summed E-state index contributed by atoms with van der Waals surface area (Å²) in [6.07, 6.45) is 1.40. The average molecular weight is 351 g/mol. The van der Waals surface area contributed by atoms with Crippen LogP contribution in [-0.4, -0.2) is 50.7 Å². The maximum atomic E-state index is 13.3. The maximum absolute atomic E-state index is 13.3. The van der Waals surface area contributed by atoms with E-state index < -0.39 is 21.9 Å². The molecule has 1 fully saturated rings. The molecule has 0 bridgehead atoms. The minimum absolute atomic E-state index is 0.106. The van der Waals surface area contributed by atoms with Crippen molar-refractivity contribution in [1.29, 1.82) is 0 Å². The van der Waals surface area contributed by atoms with Gasteiger partial charge >= 0.3 is 0 Å². The molecule has 2 N–H and O–H groups in total. The van der Waals surface area contributed by atoms with E-state index in [4.69, 9.17) is 11.6 Å². The fourth-order valence-corrected chi connectivity index (χ4v) is 4.12. The van der Waals surface area contributed by atoms with E-state index in [-0.39, 0.29) is 22.0 Å². The number of aliphatic hydroxyl groups is 1.